The summed E-state index contributed by atoms with van der Waals surface area (Å²) < 4.78 is 0. The van der Waals surface area contributed by atoms with E-state index < -0.39 is 0 Å². The monoisotopic (exact) mass is 404 g/mol. The number of hydrogen-bond donors (Lipinski definition) is 1. The van der Waals surface area contributed by atoms with Crippen LogP contribution in [0.5, 0.6) is 0 Å². The molecule has 1 aromatic carbocycles. The number of benzene rings is 1. The van der Waals surface area contributed by atoms with E-state index in [1.54, 1.807) is 11.3 Å². The van der Waals surface area contributed by atoms with Crippen molar-refractivity contribution in [3.63, 3.8) is 0 Å². The number of nitrogens with one attached hydrogen (secondary N) is 1. The highest BCUT2D eigenvalue weighted by Gasteiger charge is 2.25. The first kappa shape index (κ1) is 20.3. The fourth-order valence-electron chi connectivity index (χ4n) is 3.81. The molecule has 5 heteroatoms. The van der Waals surface area contributed by atoms with Crippen LogP contribution in [0.25, 0.3) is 10.6 Å². The first-order valence-corrected chi connectivity index (χ1v) is 11.4. The molecule has 0 aliphatic heterocycles. The molecular weight excluding hydrogens is 376 g/mol. The molecule has 1 aromatic heterocycles. The van der Waals surface area contributed by atoms with Gasteiger partial charge in [-0.15, -0.1) is 11.3 Å². The standard InChI is InChI=1S/C22H29ClN2OS/c1-2-3-4-16-5-7-17(8-6-16)21(26)24-14-13-20-15-27-22(25-20)18-9-11-19(23)12-10-18/h9-12,15-17H,2-8,13-14H2,1H3,(H,24,26). The summed E-state index contributed by atoms with van der Waals surface area (Å²) in [6.07, 6.45) is 9.26. The van der Waals surface area contributed by atoms with Gasteiger partial charge < -0.3 is 5.32 Å². The van der Waals surface area contributed by atoms with Gasteiger partial charge in [-0.2, -0.15) is 0 Å². The van der Waals surface area contributed by atoms with Gasteiger partial charge in [-0.1, -0.05) is 49.9 Å². The maximum absolute atomic E-state index is 12.4. The zero-order chi connectivity index (χ0) is 19.1. The number of carbonyl (C=O) groups is 1. The maximum Gasteiger partial charge on any atom is 0.223 e. The van der Waals surface area contributed by atoms with E-state index in [2.05, 4.69) is 22.6 Å². The van der Waals surface area contributed by atoms with Crippen molar-refractivity contribution in [2.45, 2.75) is 58.3 Å². The van der Waals surface area contributed by atoms with E-state index in [0.717, 1.165) is 46.5 Å². The number of thiazole rings is 1. The van der Waals surface area contributed by atoms with Crippen molar-refractivity contribution in [2.24, 2.45) is 11.8 Å². The highest BCUT2D eigenvalue weighted by atomic mass is 35.5. The van der Waals surface area contributed by atoms with Crippen LogP contribution < -0.4 is 5.32 Å². The average Bonchev–Trinajstić information content (AvgIpc) is 3.16. The Balaban J connectivity index is 1.40. The predicted molar refractivity (Wildman–Crippen MR) is 114 cm³/mol. The van der Waals surface area contributed by atoms with Crippen molar-refractivity contribution in [2.75, 3.05) is 6.54 Å². The lowest BCUT2D eigenvalue weighted by Crippen LogP contribution is -2.34. The van der Waals surface area contributed by atoms with Gasteiger partial charge in [0.1, 0.15) is 5.01 Å². The minimum atomic E-state index is 0.211. The summed E-state index contributed by atoms with van der Waals surface area (Å²) in [6.45, 7) is 2.91. The van der Waals surface area contributed by atoms with Gasteiger partial charge in [-0.05, 0) is 43.7 Å². The average molecular weight is 405 g/mol. The van der Waals surface area contributed by atoms with E-state index in [4.69, 9.17) is 11.6 Å². The summed E-state index contributed by atoms with van der Waals surface area (Å²) in [7, 11) is 0. The van der Waals surface area contributed by atoms with Gasteiger partial charge in [0.25, 0.3) is 0 Å². The Morgan fingerprint density at radius 1 is 1.22 bits per heavy atom. The Labute approximate surface area is 171 Å². The predicted octanol–water partition coefficient (Wildman–Crippen LogP) is 6.12. The minimum Gasteiger partial charge on any atom is -0.355 e. The molecule has 0 bridgehead atoms. The summed E-state index contributed by atoms with van der Waals surface area (Å²) in [4.78, 5) is 17.1. The second kappa shape index (κ2) is 10.2. The first-order chi connectivity index (χ1) is 13.2. The molecule has 0 radical (unpaired) electrons. The van der Waals surface area contributed by atoms with Gasteiger partial charge in [0, 0.05) is 34.8 Å². The number of aromatic nitrogens is 1. The summed E-state index contributed by atoms with van der Waals surface area (Å²) in [5, 5.41) is 6.93. The van der Waals surface area contributed by atoms with Crippen LogP contribution in [0.1, 0.15) is 57.6 Å². The molecule has 1 aliphatic carbocycles. The third-order valence-electron chi connectivity index (χ3n) is 5.51. The molecule has 3 rings (SSSR count). The van der Waals surface area contributed by atoms with Crippen LogP contribution >= 0.6 is 22.9 Å². The van der Waals surface area contributed by atoms with E-state index in [0.29, 0.717) is 6.54 Å². The van der Waals surface area contributed by atoms with Crippen LogP contribution in [-0.2, 0) is 11.2 Å². The quantitative estimate of drug-likeness (QED) is 0.575. The van der Waals surface area contributed by atoms with Crippen molar-refractivity contribution in [3.05, 3.63) is 40.4 Å². The topological polar surface area (TPSA) is 42.0 Å². The van der Waals surface area contributed by atoms with E-state index in [9.17, 15) is 4.79 Å². The van der Waals surface area contributed by atoms with Gasteiger partial charge in [0.15, 0.2) is 0 Å². The zero-order valence-electron chi connectivity index (χ0n) is 16.0. The molecule has 0 spiro atoms. The van der Waals surface area contributed by atoms with Crippen LogP contribution in [0, 0.1) is 11.8 Å². The zero-order valence-corrected chi connectivity index (χ0v) is 17.6. The Bertz CT molecular complexity index is 720. The number of unbranched alkanes of at least 4 members (excludes halogenated alkanes) is 1. The molecular formula is C22H29ClN2OS. The second-order valence-electron chi connectivity index (χ2n) is 7.55. The summed E-state index contributed by atoms with van der Waals surface area (Å²) >= 11 is 7.57. The van der Waals surface area contributed by atoms with Crippen LogP contribution in [0.15, 0.2) is 29.6 Å². The number of carbonyl (C=O) groups excluding carboxylic acids is 1. The van der Waals surface area contributed by atoms with E-state index in [-0.39, 0.29) is 11.8 Å². The third kappa shape index (κ3) is 6.05. The van der Waals surface area contributed by atoms with Crippen molar-refractivity contribution in [3.8, 4) is 10.6 Å². The Kier molecular flexibility index (Phi) is 7.71. The molecule has 1 fully saturated rings. The van der Waals surface area contributed by atoms with E-state index in [1.165, 1.54) is 32.1 Å². The van der Waals surface area contributed by atoms with Gasteiger partial charge in [0.05, 0.1) is 5.69 Å². The Morgan fingerprint density at radius 2 is 1.96 bits per heavy atom. The lowest BCUT2D eigenvalue weighted by Gasteiger charge is -2.27. The van der Waals surface area contributed by atoms with Crippen LogP contribution in [0.4, 0.5) is 0 Å². The summed E-state index contributed by atoms with van der Waals surface area (Å²) in [5.74, 6) is 1.29. The maximum atomic E-state index is 12.4. The van der Waals surface area contributed by atoms with Crippen molar-refractivity contribution in [1.82, 2.24) is 10.3 Å². The van der Waals surface area contributed by atoms with Crippen molar-refractivity contribution < 1.29 is 4.79 Å². The fraction of sp³-hybridized carbons (Fsp3) is 0.545. The molecule has 0 atom stereocenters. The molecule has 1 amide bonds. The Morgan fingerprint density at radius 3 is 2.67 bits per heavy atom. The number of hydrogen-bond acceptors (Lipinski definition) is 3. The molecule has 3 nitrogen and oxygen atoms in total. The smallest absolute Gasteiger partial charge is 0.223 e. The molecule has 27 heavy (non-hydrogen) atoms. The number of rotatable bonds is 8. The second-order valence-corrected chi connectivity index (χ2v) is 8.85. The molecule has 1 saturated carbocycles. The van der Waals surface area contributed by atoms with Crippen LogP contribution in [-0.4, -0.2) is 17.4 Å². The highest BCUT2D eigenvalue weighted by molar-refractivity contribution is 7.13. The van der Waals surface area contributed by atoms with Gasteiger partial charge in [-0.25, -0.2) is 4.98 Å². The summed E-state index contributed by atoms with van der Waals surface area (Å²) in [5.41, 5.74) is 2.12. The number of nitrogens with zero attached hydrogens (tertiary/aromatic N) is 1. The minimum absolute atomic E-state index is 0.211. The van der Waals surface area contributed by atoms with Crippen molar-refractivity contribution in [1.29, 1.82) is 0 Å². The molecule has 2 aromatic rings. The molecule has 1 aliphatic rings. The SMILES string of the molecule is CCCCC1CCC(C(=O)NCCc2csc(-c3ccc(Cl)cc3)n2)CC1. The molecule has 0 saturated heterocycles. The van der Waals surface area contributed by atoms with Crippen molar-refractivity contribution >= 4 is 28.8 Å². The Hall–Kier alpha value is -1.39. The largest absolute Gasteiger partial charge is 0.355 e. The molecule has 1 heterocycles. The van der Waals surface area contributed by atoms with Gasteiger partial charge >= 0.3 is 0 Å². The fourth-order valence-corrected chi connectivity index (χ4v) is 4.80. The normalized spacial score (nSPS) is 19.8. The van der Waals surface area contributed by atoms with Gasteiger partial charge in [0.2, 0.25) is 5.91 Å². The molecule has 146 valence electrons. The number of halogens is 1. The third-order valence-corrected chi connectivity index (χ3v) is 6.70. The molecule has 0 unspecified atom stereocenters. The van der Waals surface area contributed by atoms with Crippen LogP contribution in [0.3, 0.4) is 0 Å². The lowest BCUT2D eigenvalue weighted by molar-refractivity contribution is -0.126. The highest BCUT2D eigenvalue weighted by Crippen LogP contribution is 2.32. The van der Waals surface area contributed by atoms with E-state index >= 15 is 0 Å². The van der Waals surface area contributed by atoms with Crippen LogP contribution in [0.2, 0.25) is 5.02 Å². The van der Waals surface area contributed by atoms with Gasteiger partial charge in [-0.3, -0.25) is 4.79 Å². The summed E-state index contributed by atoms with van der Waals surface area (Å²) in [6, 6.07) is 7.75. The molecule has 1 N–H and O–H groups in total. The number of amides is 1. The lowest BCUT2D eigenvalue weighted by atomic mass is 9.79. The van der Waals surface area contributed by atoms with E-state index in [1.807, 2.05) is 24.3 Å². The first-order valence-electron chi connectivity index (χ1n) is 10.1.